The third-order valence-electron chi connectivity index (χ3n) is 3.34. The lowest BCUT2D eigenvalue weighted by Gasteiger charge is -2.33. The van der Waals surface area contributed by atoms with Crippen LogP contribution >= 0.6 is 11.6 Å². The number of hydrogen-bond donors (Lipinski definition) is 1. The van der Waals surface area contributed by atoms with Crippen molar-refractivity contribution >= 4 is 17.5 Å². The SMILES string of the molecule is CCC(C)(CCCl)NC(=O)C(C)(C)CC. The Morgan fingerprint density at radius 2 is 1.73 bits per heavy atom. The van der Waals surface area contributed by atoms with Crippen LogP contribution in [0.5, 0.6) is 0 Å². The van der Waals surface area contributed by atoms with E-state index >= 15 is 0 Å². The molecule has 90 valence electrons. The third kappa shape index (κ3) is 4.42. The average Bonchev–Trinajstić information content (AvgIpc) is 2.18. The Morgan fingerprint density at radius 1 is 1.20 bits per heavy atom. The monoisotopic (exact) mass is 233 g/mol. The maximum Gasteiger partial charge on any atom is 0.226 e. The van der Waals surface area contributed by atoms with E-state index in [2.05, 4.69) is 19.2 Å². The molecular weight excluding hydrogens is 210 g/mol. The fourth-order valence-electron chi connectivity index (χ4n) is 1.14. The largest absolute Gasteiger partial charge is 0.350 e. The van der Waals surface area contributed by atoms with E-state index in [9.17, 15) is 4.79 Å². The van der Waals surface area contributed by atoms with E-state index in [0.717, 1.165) is 19.3 Å². The molecule has 0 saturated heterocycles. The zero-order chi connectivity index (χ0) is 12.1. The van der Waals surface area contributed by atoms with Crippen LogP contribution in [0.2, 0.25) is 0 Å². The number of nitrogens with one attached hydrogen (secondary N) is 1. The molecular formula is C12H24ClNO. The van der Waals surface area contributed by atoms with Gasteiger partial charge in [0.1, 0.15) is 0 Å². The van der Waals surface area contributed by atoms with Crippen molar-refractivity contribution < 1.29 is 4.79 Å². The van der Waals surface area contributed by atoms with Crippen molar-refractivity contribution in [2.75, 3.05) is 5.88 Å². The van der Waals surface area contributed by atoms with Crippen molar-refractivity contribution in [2.45, 2.75) is 59.4 Å². The molecule has 15 heavy (non-hydrogen) atoms. The fourth-order valence-corrected chi connectivity index (χ4v) is 1.56. The minimum atomic E-state index is -0.289. The van der Waals surface area contributed by atoms with Gasteiger partial charge in [-0.3, -0.25) is 4.79 Å². The minimum absolute atomic E-state index is 0.125. The van der Waals surface area contributed by atoms with E-state index in [1.54, 1.807) is 0 Å². The highest BCUT2D eigenvalue weighted by molar-refractivity contribution is 6.17. The maximum absolute atomic E-state index is 12.0. The van der Waals surface area contributed by atoms with Gasteiger partial charge in [0.25, 0.3) is 0 Å². The Labute approximate surface area is 98.8 Å². The highest BCUT2D eigenvalue weighted by Gasteiger charge is 2.31. The molecule has 0 aliphatic heterocycles. The van der Waals surface area contributed by atoms with Crippen LogP contribution in [-0.4, -0.2) is 17.3 Å². The number of halogens is 1. The Kier molecular flexibility index (Phi) is 5.65. The van der Waals surface area contributed by atoms with Gasteiger partial charge in [-0.25, -0.2) is 0 Å². The number of carbonyl (C=O) groups excluding carboxylic acids is 1. The van der Waals surface area contributed by atoms with Gasteiger partial charge >= 0.3 is 0 Å². The van der Waals surface area contributed by atoms with E-state index in [0.29, 0.717) is 5.88 Å². The summed E-state index contributed by atoms with van der Waals surface area (Å²) in [6, 6.07) is 0. The third-order valence-corrected chi connectivity index (χ3v) is 3.53. The first kappa shape index (κ1) is 14.8. The Hall–Kier alpha value is -0.240. The number of carbonyl (C=O) groups is 1. The second-order valence-electron chi connectivity index (χ2n) is 5.04. The van der Waals surface area contributed by atoms with Crippen molar-refractivity contribution in [2.24, 2.45) is 5.41 Å². The molecule has 0 aliphatic carbocycles. The first-order chi connectivity index (χ1) is 6.81. The van der Waals surface area contributed by atoms with Crippen molar-refractivity contribution in [3.63, 3.8) is 0 Å². The van der Waals surface area contributed by atoms with Crippen LogP contribution in [0.1, 0.15) is 53.9 Å². The lowest BCUT2D eigenvalue weighted by Crippen LogP contribution is -2.50. The number of alkyl halides is 1. The first-order valence-electron chi connectivity index (χ1n) is 5.70. The van der Waals surface area contributed by atoms with E-state index in [1.807, 2.05) is 20.8 Å². The van der Waals surface area contributed by atoms with Crippen LogP contribution in [0, 0.1) is 5.41 Å². The van der Waals surface area contributed by atoms with Gasteiger partial charge < -0.3 is 5.32 Å². The topological polar surface area (TPSA) is 29.1 Å². The zero-order valence-corrected chi connectivity index (χ0v) is 11.4. The Balaban J connectivity index is 4.49. The number of rotatable bonds is 6. The highest BCUT2D eigenvalue weighted by Crippen LogP contribution is 2.23. The van der Waals surface area contributed by atoms with Crippen LogP contribution in [-0.2, 0) is 4.79 Å². The van der Waals surface area contributed by atoms with Crippen LogP contribution in [0.15, 0.2) is 0 Å². The molecule has 3 heteroatoms. The number of amides is 1. The second-order valence-corrected chi connectivity index (χ2v) is 5.42. The first-order valence-corrected chi connectivity index (χ1v) is 6.23. The van der Waals surface area contributed by atoms with E-state index in [-0.39, 0.29) is 16.9 Å². The summed E-state index contributed by atoms with van der Waals surface area (Å²) in [5.41, 5.74) is -0.450. The van der Waals surface area contributed by atoms with E-state index in [4.69, 9.17) is 11.6 Å². The maximum atomic E-state index is 12.0. The molecule has 0 aromatic heterocycles. The molecule has 0 rings (SSSR count). The molecule has 0 bridgehead atoms. The molecule has 0 aromatic rings. The summed E-state index contributed by atoms with van der Waals surface area (Å²) in [6.45, 7) is 10.1. The summed E-state index contributed by atoms with van der Waals surface area (Å²) in [7, 11) is 0. The molecule has 0 radical (unpaired) electrons. The molecule has 1 atom stereocenters. The van der Waals surface area contributed by atoms with Crippen LogP contribution in [0.4, 0.5) is 0 Å². The summed E-state index contributed by atoms with van der Waals surface area (Å²) in [5, 5.41) is 3.11. The van der Waals surface area contributed by atoms with Gasteiger partial charge in [0, 0.05) is 16.8 Å². The van der Waals surface area contributed by atoms with Gasteiger partial charge in [-0.05, 0) is 26.2 Å². The van der Waals surface area contributed by atoms with Gasteiger partial charge in [0.15, 0.2) is 0 Å². The summed E-state index contributed by atoms with van der Waals surface area (Å²) < 4.78 is 0. The van der Waals surface area contributed by atoms with Gasteiger partial charge in [0.2, 0.25) is 5.91 Å². The molecule has 2 nitrogen and oxygen atoms in total. The van der Waals surface area contributed by atoms with Crippen molar-refractivity contribution in [3.05, 3.63) is 0 Å². The molecule has 1 unspecified atom stereocenters. The molecule has 0 fully saturated rings. The number of hydrogen-bond acceptors (Lipinski definition) is 1. The predicted molar refractivity (Wildman–Crippen MR) is 66.2 cm³/mol. The minimum Gasteiger partial charge on any atom is -0.350 e. The van der Waals surface area contributed by atoms with Crippen LogP contribution in [0.25, 0.3) is 0 Å². The molecule has 0 aliphatic rings. The smallest absolute Gasteiger partial charge is 0.226 e. The normalized spacial score (nSPS) is 15.9. The zero-order valence-electron chi connectivity index (χ0n) is 10.6. The van der Waals surface area contributed by atoms with Gasteiger partial charge in [-0.1, -0.05) is 27.7 Å². The van der Waals surface area contributed by atoms with E-state index < -0.39 is 0 Å². The Morgan fingerprint density at radius 3 is 2.07 bits per heavy atom. The average molecular weight is 234 g/mol. The molecule has 1 amide bonds. The molecule has 0 heterocycles. The lowest BCUT2D eigenvalue weighted by molar-refractivity contribution is -0.131. The molecule has 1 N–H and O–H groups in total. The summed E-state index contributed by atoms with van der Waals surface area (Å²) >= 11 is 5.74. The second kappa shape index (κ2) is 5.74. The highest BCUT2D eigenvalue weighted by atomic mass is 35.5. The summed E-state index contributed by atoms with van der Waals surface area (Å²) in [6.07, 6.45) is 2.57. The standard InChI is InChI=1S/C12H24ClNO/c1-6-11(3,4)10(15)14-12(5,7-2)8-9-13/h6-9H2,1-5H3,(H,14,15). The van der Waals surface area contributed by atoms with Gasteiger partial charge in [0.05, 0.1) is 0 Å². The van der Waals surface area contributed by atoms with Crippen LogP contribution < -0.4 is 5.32 Å². The summed E-state index contributed by atoms with van der Waals surface area (Å²) in [4.78, 5) is 12.0. The quantitative estimate of drug-likeness (QED) is 0.701. The molecule has 0 saturated carbocycles. The molecule has 0 spiro atoms. The van der Waals surface area contributed by atoms with Crippen molar-refractivity contribution in [1.82, 2.24) is 5.32 Å². The van der Waals surface area contributed by atoms with Crippen molar-refractivity contribution in [1.29, 1.82) is 0 Å². The van der Waals surface area contributed by atoms with Gasteiger partial charge in [-0.15, -0.1) is 11.6 Å². The fraction of sp³-hybridized carbons (Fsp3) is 0.917. The Bertz CT molecular complexity index is 216. The summed E-state index contributed by atoms with van der Waals surface area (Å²) in [5.74, 6) is 0.705. The van der Waals surface area contributed by atoms with Crippen molar-refractivity contribution in [3.8, 4) is 0 Å². The predicted octanol–water partition coefficient (Wildman–Crippen LogP) is 3.34. The van der Waals surface area contributed by atoms with Crippen LogP contribution in [0.3, 0.4) is 0 Å². The lowest BCUT2D eigenvalue weighted by atomic mass is 9.86. The van der Waals surface area contributed by atoms with E-state index in [1.165, 1.54) is 0 Å². The van der Waals surface area contributed by atoms with Gasteiger partial charge in [-0.2, -0.15) is 0 Å². The molecule has 0 aromatic carbocycles.